The van der Waals surface area contributed by atoms with Crippen molar-refractivity contribution in [2.24, 2.45) is 0 Å². The topological polar surface area (TPSA) is 44.1 Å². The Labute approximate surface area is 153 Å². The van der Waals surface area contributed by atoms with Crippen molar-refractivity contribution >= 4 is 11.0 Å². The molecular weight excluding hydrogens is 324 g/mol. The second kappa shape index (κ2) is 7.83. The third kappa shape index (κ3) is 3.59. The van der Waals surface area contributed by atoms with Gasteiger partial charge in [-0.3, -0.25) is 9.36 Å². The predicted octanol–water partition coefficient (Wildman–Crippen LogP) is 4.48. The van der Waals surface area contributed by atoms with Crippen LogP contribution in [-0.4, -0.2) is 16.7 Å². The van der Waals surface area contributed by atoms with Gasteiger partial charge in [0.1, 0.15) is 11.5 Å². The van der Waals surface area contributed by atoms with E-state index in [1.807, 2.05) is 61.5 Å². The van der Waals surface area contributed by atoms with Gasteiger partial charge in [-0.1, -0.05) is 42.0 Å². The zero-order valence-corrected chi connectivity index (χ0v) is 15.1. The fourth-order valence-corrected chi connectivity index (χ4v) is 2.91. The van der Waals surface area contributed by atoms with Crippen molar-refractivity contribution in [1.29, 1.82) is 0 Å². The number of hydrogen-bond acceptors (Lipinski definition) is 3. The molecule has 0 saturated heterocycles. The van der Waals surface area contributed by atoms with Gasteiger partial charge in [-0.25, -0.2) is 4.98 Å². The van der Waals surface area contributed by atoms with Gasteiger partial charge in [-0.05, 0) is 37.6 Å². The van der Waals surface area contributed by atoms with E-state index in [4.69, 9.17) is 4.74 Å². The van der Waals surface area contributed by atoms with Gasteiger partial charge in [0, 0.05) is 5.56 Å². The number of aryl methyl sites for hydroxylation is 1. The molecule has 0 aliphatic rings. The minimum atomic E-state index is -0.129. The van der Waals surface area contributed by atoms with Crippen LogP contribution in [0.4, 0.5) is 0 Å². The number of rotatable bonds is 6. The van der Waals surface area contributed by atoms with Crippen molar-refractivity contribution in [3.05, 3.63) is 88.9 Å². The van der Waals surface area contributed by atoms with Crippen LogP contribution in [-0.2, 0) is 11.3 Å². The molecule has 0 N–H and O–H groups in total. The molecule has 0 radical (unpaired) electrons. The van der Waals surface area contributed by atoms with E-state index >= 15 is 0 Å². The molecule has 1 aromatic heterocycles. The molecule has 3 rings (SSSR count). The number of allylic oxidation sites excluding steroid dienone is 3. The fourth-order valence-electron chi connectivity index (χ4n) is 2.91. The highest BCUT2D eigenvalue weighted by Gasteiger charge is 2.14. The Hall–Kier alpha value is -3.14. The van der Waals surface area contributed by atoms with Crippen LogP contribution in [0, 0.1) is 6.92 Å². The van der Waals surface area contributed by atoms with Gasteiger partial charge in [0.15, 0.2) is 0 Å². The van der Waals surface area contributed by atoms with E-state index in [1.165, 1.54) is 0 Å². The average Bonchev–Trinajstić information content (AvgIpc) is 2.66. The van der Waals surface area contributed by atoms with E-state index in [0.717, 1.165) is 27.9 Å². The number of nitrogens with zero attached hydrogens (tertiary/aromatic N) is 2. The fraction of sp³-hybridized carbons (Fsp3) is 0.182. The monoisotopic (exact) mass is 346 g/mol. The van der Waals surface area contributed by atoms with E-state index in [-0.39, 0.29) is 5.56 Å². The van der Waals surface area contributed by atoms with Crippen LogP contribution >= 0.6 is 0 Å². The van der Waals surface area contributed by atoms with Crippen LogP contribution in [0.3, 0.4) is 0 Å². The summed E-state index contributed by atoms with van der Waals surface area (Å²) >= 11 is 0. The molecule has 0 spiro atoms. The van der Waals surface area contributed by atoms with Crippen molar-refractivity contribution in [2.45, 2.75) is 19.9 Å². The van der Waals surface area contributed by atoms with Crippen LogP contribution < -0.4 is 5.56 Å². The van der Waals surface area contributed by atoms with Crippen LogP contribution in [0.15, 0.2) is 77.8 Å². The van der Waals surface area contributed by atoms with Crippen LogP contribution in [0.2, 0.25) is 0 Å². The first-order valence-electron chi connectivity index (χ1n) is 8.54. The van der Waals surface area contributed by atoms with Gasteiger partial charge < -0.3 is 4.74 Å². The maximum Gasteiger partial charge on any atom is 0.278 e. The maximum atomic E-state index is 13.2. The Morgan fingerprint density at radius 2 is 2.04 bits per heavy atom. The summed E-state index contributed by atoms with van der Waals surface area (Å²) in [6.45, 7) is 6.08. The van der Waals surface area contributed by atoms with E-state index < -0.39 is 0 Å². The van der Waals surface area contributed by atoms with Crippen molar-refractivity contribution in [3.8, 4) is 11.3 Å². The average molecular weight is 346 g/mol. The number of hydrogen-bond donors (Lipinski definition) is 0. The molecule has 2 aromatic carbocycles. The lowest BCUT2D eigenvalue weighted by Crippen LogP contribution is -2.25. The molecule has 132 valence electrons. The Kier molecular flexibility index (Phi) is 5.32. The maximum absolute atomic E-state index is 13.2. The normalized spacial score (nSPS) is 11.5. The molecule has 0 amide bonds. The summed E-state index contributed by atoms with van der Waals surface area (Å²) in [4.78, 5) is 17.8. The van der Waals surface area contributed by atoms with Crippen molar-refractivity contribution in [2.75, 3.05) is 7.11 Å². The van der Waals surface area contributed by atoms with E-state index in [1.54, 1.807) is 17.8 Å². The smallest absolute Gasteiger partial charge is 0.278 e. The minimum Gasteiger partial charge on any atom is -0.500 e. The van der Waals surface area contributed by atoms with Gasteiger partial charge >= 0.3 is 0 Å². The molecule has 4 heteroatoms. The Bertz CT molecular complexity index is 1030. The van der Waals surface area contributed by atoms with E-state index in [0.29, 0.717) is 18.7 Å². The molecule has 0 fully saturated rings. The molecule has 4 nitrogen and oxygen atoms in total. The Morgan fingerprint density at radius 1 is 1.23 bits per heavy atom. The minimum absolute atomic E-state index is 0.129. The Balaban J connectivity index is 2.22. The number of methoxy groups -OCH3 is 1. The molecule has 1 heterocycles. The number of benzene rings is 2. The lowest BCUT2D eigenvalue weighted by atomic mass is 10.1. The zero-order chi connectivity index (χ0) is 18.5. The molecule has 0 saturated carbocycles. The van der Waals surface area contributed by atoms with Crippen molar-refractivity contribution in [3.63, 3.8) is 0 Å². The van der Waals surface area contributed by atoms with Gasteiger partial charge in [-0.15, -0.1) is 6.58 Å². The first kappa shape index (κ1) is 17.7. The van der Waals surface area contributed by atoms with Crippen molar-refractivity contribution in [1.82, 2.24) is 9.55 Å². The largest absolute Gasteiger partial charge is 0.500 e. The summed E-state index contributed by atoms with van der Waals surface area (Å²) in [5.74, 6) is 0.721. The summed E-state index contributed by atoms with van der Waals surface area (Å²) in [5.41, 5.74) is 3.80. The summed E-state index contributed by atoms with van der Waals surface area (Å²) in [5, 5.41) is 0. The summed E-state index contributed by atoms with van der Waals surface area (Å²) < 4.78 is 7.18. The van der Waals surface area contributed by atoms with Crippen LogP contribution in [0.25, 0.3) is 22.3 Å². The number of para-hydroxylation sites is 2. The summed E-state index contributed by atoms with van der Waals surface area (Å²) in [7, 11) is 1.62. The van der Waals surface area contributed by atoms with Gasteiger partial charge in [-0.2, -0.15) is 0 Å². The summed E-state index contributed by atoms with van der Waals surface area (Å²) in [6, 6.07) is 15.5. The first-order valence-corrected chi connectivity index (χ1v) is 8.54. The van der Waals surface area contributed by atoms with Gasteiger partial charge in [0.25, 0.3) is 5.56 Å². The van der Waals surface area contributed by atoms with Crippen LogP contribution in [0.1, 0.15) is 12.0 Å². The number of ether oxygens (including phenoxy) is 1. The number of aromatic nitrogens is 2. The predicted molar refractivity (Wildman–Crippen MR) is 106 cm³/mol. The molecule has 0 unspecified atom stereocenters. The van der Waals surface area contributed by atoms with Crippen LogP contribution in [0.5, 0.6) is 0 Å². The highest BCUT2D eigenvalue weighted by Crippen LogP contribution is 2.19. The van der Waals surface area contributed by atoms with Gasteiger partial charge in [0.05, 0.1) is 24.7 Å². The molecular formula is C22H22N2O2. The van der Waals surface area contributed by atoms with Gasteiger partial charge in [0.2, 0.25) is 0 Å². The quantitative estimate of drug-likeness (QED) is 0.488. The third-order valence-corrected chi connectivity index (χ3v) is 4.23. The standard InChI is InChI=1S/C22H22N2O2/c1-4-5-11-18(26-3)15-24-20-13-7-6-12-19(20)23-21(22(24)25)17-10-8-9-16(2)14-17/h4,6-14H,1,5,15H2,2-3H3/b18-11-. The molecule has 0 aliphatic heterocycles. The molecule has 0 atom stereocenters. The van der Waals surface area contributed by atoms with E-state index in [9.17, 15) is 4.79 Å². The second-order valence-electron chi connectivity index (χ2n) is 6.11. The summed E-state index contributed by atoms with van der Waals surface area (Å²) in [6.07, 6.45) is 4.41. The third-order valence-electron chi connectivity index (χ3n) is 4.23. The highest BCUT2D eigenvalue weighted by molar-refractivity contribution is 5.78. The highest BCUT2D eigenvalue weighted by atomic mass is 16.5. The molecule has 26 heavy (non-hydrogen) atoms. The molecule has 0 bridgehead atoms. The first-order chi connectivity index (χ1) is 12.6. The molecule has 3 aromatic rings. The Morgan fingerprint density at radius 3 is 2.77 bits per heavy atom. The lowest BCUT2D eigenvalue weighted by molar-refractivity contribution is 0.269. The SMILES string of the molecule is C=CC/C=C(/Cn1c(=O)c(-c2cccc(C)c2)nc2ccccc21)OC. The number of fused-ring (bicyclic) bond motifs is 1. The zero-order valence-electron chi connectivity index (χ0n) is 15.1. The molecule has 0 aliphatic carbocycles. The van der Waals surface area contributed by atoms with E-state index in [2.05, 4.69) is 11.6 Å². The van der Waals surface area contributed by atoms with Crippen molar-refractivity contribution < 1.29 is 4.74 Å². The lowest BCUT2D eigenvalue weighted by Gasteiger charge is -2.14. The second-order valence-corrected chi connectivity index (χ2v) is 6.11.